The highest BCUT2D eigenvalue weighted by atomic mass is 14.8. The van der Waals surface area contributed by atoms with Gasteiger partial charge < -0.3 is 10.7 Å². The smallest absolute Gasteiger partial charge is 0.0661 e. The third kappa shape index (κ3) is 0.987. The van der Waals surface area contributed by atoms with Crippen LogP contribution in [0.25, 0.3) is 10.9 Å². The molecule has 0 bridgehead atoms. The van der Waals surface area contributed by atoms with E-state index < -0.39 is 0 Å². The lowest BCUT2D eigenvalue weighted by Crippen LogP contribution is -2.07. The lowest BCUT2D eigenvalue weighted by Gasteiger charge is -2.04. The highest BCUT2D eigenvalue weighted by molar-refractivity contribution is 5.81. The van der Waals surface area contributed by atoms with Gasteiger partial charge in [-0.15, -0.1) is 0 Å². The monoisotopic (exact) mass is 161 g/mol. The van der Waals surface area contributed by atoms with Gasteiger partial charge in [-0.25, -0.2) is 0 Å². The predicted octanol–water partition coefficient (Wildman–Crippen LogP) is 1.58. The minimum atomic E-state index is -0.00972. The van der Waals surface area contributed by atoms with Gasteiger partial charge in [0, 0.05) is 29.3 Å². The first kappa shape index (κ1) is 7.31. The summed E-state index contributed by atoms with van der Waals surface area (Å²) in [5.74, 6) is 0. The predicted molar refractivity (Wildman–Crippen MR) is 48.7 cm³/mol. The fourth-order valence-electron chi connectivity index (χ4n) is 1.37. The molecule has 0 fully saturated rings. The van der Waals surface area contributed by atoms with Crippen LogP contribution in [0.3, 0.4) is 0 Å². The first-order valence-corrected chi connectivity index (χ1v) is 3.96. The number of H-pyrrole nitrogens is 1. The van der Waals surface area contributed by atoms with E-state index >= 15 is 0 Å². The fourth-order valence-corrected chi connectivity index (χ4v) is 1.37. The summed E-state index contributed by atoms with van der Waals surface area (Å²) in [6.07, 6.45) is 3.68. The van der Waals surface area contributed by atoms with E-state index in [1.54, 1.807) is 6.20 Å². The molecule has 0 aliphatic heterocycles. The summed E-state index contributed by atoms with van der Waals surface area (Å²) in [6, 6.07) is 3.94. The molecule has 0 saturated carbocycles. The lowest BCUT2D eigenvalue weighted by atomic mass is 10.1. The van der Waals surface area contributed by atoms with E-state index in [0.717, 1.165) is 16.6 Å². The maximum Gasteiger partial charge on any atom is 0.0661 e. The van der Waals surface area contributed by atoms with E-state index in [0.29, 0.717) is 0 Å². The largest absolute Gasteiger partial charge is 0.361 e. The molecule has 0 spiro atoms. The zero-order chi connectivity index (χ0) is 8.55. The standard InChI is InChI=1S/C9H11N3/c1-6(10)9-7-2-4-11-8(7)3-5-12-9/h2-6,11H,10H2,1H3/t6-/m0/s1. The van der Waals surface area contributed by atoms with Gasteiger partial charge in [-0.05, 0) is 19.1 Å². The third-order valence-electron chi connectivity index (χ3n) is 1.94. The molecule has 2 aromatic heterocycles. The van der Waals surface area contributed by atoms with Crippen molar-refractivity contribution in [3.8, 4) is 0 Å². The van der Waals surface area contributed by atoms with Gasteiger partial charge in [-0.1, -0.05) is 0 Å². The fraction of sp³-hybridized carbons (Fsp3) is 0.222. The van der Waals surface area contributed by atoms with Crippen LogP contribution in [0, 0.1) is 0 Å². The van der Waals surface area contributed by atoms with Crippen LogP contribution >= 0.6 is 0 Å². The molecule has 1 atom stereocenters. The number of pyridine rings is 1. The molecule has 0 aromatic carbocycles. The topological polar surface area (TPSA) is 54.7 Å². The van der Waals surface area contributed by atoms with E-state index in [1.165, 1.54) is 0 Å². The van der Waals surface area contributed by atoms with Crippen LogP contribution in [0.15, 0.2) is 24.5 Å². The number of nitrogens with zero attached hydrogens (tertiary/aromatic N) is 1. The maximum atomic E-state index is 5.76. The van der Waals surface area contributed by atoms with Gasteiger partial charge in [-0.3, -0.25) is 4.98 Å². The van der Waals surface area contributed by atoms with Crippen LogP contribution in [0.2, 0.25) is 0 Å². The highest BCUT2D eigenvalue weighted by Gasteiger charge is 2.05. The molecule has 0 amide bonds. The molecule has 3 nitrogen and oxygen atoms in total. The van der Waals surface area contributed by atoms with Crippen molar-refractivity contribution >= 4 is 10.9 Å². The minimum Gasteiger partial charge on any atom is -0.361 e. The minimum absolute atomic E-state index is 0.00972. The maximum absolute atomic E-state index is 5.76. The average Bonchev–Trinajstić information content (AvgIpc) is 2.49. The summed E-state index contributed by atoms with van der Waals surface area (Å²) < 4.78 is 0. The normalized spacial score (nSPS) is 13.5. The van der Waals surface area contributed by atoms with Crippen LogP contribution < -0.4 is 5.73 Å². The summed E-state index contributed by atoms with van der Waals surface area (Å²) >= 11 is 0. The number of aromatic amines is 1. The van der Waals surface area contributed by atoms with Crippen LogP contribution in [0.4, 0.5) is 0 Å². The van der Waals surface area contributed by atoms with Crippen LogP contribution in [0.1, 0.15) is 18.7 Å². The molecule has 2 aromatic rings. The molecular formula is C9H11N3. The molecule has 3 heteroatoms. The Balaban J connectivity index is 2.73. The Morgan fingerprint density at radius 3 is 3.08 bits per heavy atom. The number of hydrogen-bond acceptors (Lipinski definition) is 2. The molecule has 0 radical (unpaired) electrons. The second kappa shape index (κ2) is 2.60. The number of nitrogens with one attached hydrogen (secondary N) is 1. The molecule has 2 rings (SSSR count). The molecule has 0 saturated heterocycles. The van der Waals surface area contributed by atoms with Gasteiger partial charge in [0.2, 0.25) is 0 Å². The van der Waals surface area contributed by atoms with Crippen molar-refractivity contribution in [1.29, 1.82) is 0 Å². The SMILES string of the molecule is C[C@H](N)c1nccc2[nH]ccc12. The van der Waals surface area contributed by atoms with E-state index in [1.807, 2.05) is 25.3 Å². The average molecular weight is 161 g/mol. The number of nitrogens with two attached hydrogens (primary N) is 1. The molecule has 0 aliphatic carbocycles. The zero-order valence-corrected chi connectivity index (χ0v) is 6.91. The first-order chi connectivity index (χ1) is 5.79. The van der Waals surface area contributed by atoms with Gasteiger partial charge in [0.25, 0.3) is 0 Å². The molecule has 0 aliphatic rings. The van der Waals surface area contributed by atoms with Crippen molar-refractivity contribution in [2.24, 2.45) is 5.73 Å². The molecular weight excluding hydrogens is 150 g/mol. The van der Waals surface area contributed by atoms with Gasteiger partial charge in [0.15, 0.2) is 0 Å². The van der Waals surface area contributed by atoms with E-state index in [9.17, 15) is 0 Å². The van der Waals surface area contributed by atoms with Crippen molar-refractivity contribution in [3.05, 3.63) is 30.2 Å². The van der Waals surface area contributed by atoms with Gasteiger partial charge >= 0.3 is 0 Å². The molecule has 2 heterocycles. The summed E-state index contributed by atoms with van der Waals surface area (Å²) in [4.78, 5) is 7.35. The van der Waals surface area contributed by atoms with Gasteiger partial charge in [-0.2, -0.15) is 0 Å². The Labute approximate surface area is 70.6 Å². The molecule has 3 N–H and O–H groups in total. The van der Waals surface area contributed by atoms with Crippen molar-refractivity contribution < 1.29 is 0 Å². The summed E-state index contributed by atoms with van der Waals surface area (Å²) in [5, 5.41) is 1.12. The van der Waals surface area contributed by atoms with Crippen LogP contribution in [0.5, 0.6) is 0 Å². The number of hydrogen-bond donors (Lipinski definition) is 2. The number of aromatic nitrogens is 2. The molecule has 0 unspecified atom stereocenters. The quantitative estimate of drug-likeness (QED) is 0.667. The third-order valence-corrected chi connectivity index (χ3v) is 1.94. The van der Waals surface area contributed by atoms with Gasteiger partial charge in [0.05, 0.1) is 5.69 Å². The molecule has 62 valence electrons. The Hall–Kier alpha value is -1.35. The second-order valence-corrected chi connectivity index (χ2v) is 2.92. The van der Waals surface area contributed by atoms with E-state index in [-0.39, 0.29) is 6.04 Å². The summed E-state index contributed by atoms with van der Waals surface area (Å²) in [7, 11) is 0. The van der Waals surface area contributed by atoms with E-state index in [4.69, 9.17) is 5.73 Å². The summed E-state index contributed by atoms with van der Waals surface area (Å²) in [5.41, 5.74) is 7.81. The first-order valence-electron chi connectivity index (χ1n) is 3.96. The van der Waals surface area contributed by atoms with Gasteiger partial charge in [0.1, 0.15) is 0 Å². The number of rotatable bonds is 1. The molecule has 12 heavy (non-hydrogen) atoms. The zero-order valence-electron chi connectivity index (χ0n) is 6.91. The Morgan fingerprint density at radius 2 is 2.33 bits per heavy atom. The van der Waals surface area contributed by atoms with Crippen molar-refractivity contribution in [2.75, 3.05) is 0 Å². The highest BCUT2D eigenvalue weighted by Crippen LogP contribution is 2.18. The summed E-state index contributed by atoms with van der Waals surface area (Å²) in [6.45, 7) is 1.94. The Bertz CT molecular complexity index is 389. The lowest BCUT2D eigenvalue weighted by molar-refractivity contribution is 0.791. The second-order valence-electron chi connectivity index (χ2n) is 2.92. The van der Waals surface area contributed by atoms with Crippen molar-refractivity contribution in [3.63, 3.8) is 0 Å². The van der Waals surface area contributed by atoms with E-state index in [2.05, 4.69) is 9.97 Å². The Kier molecular flexibility index (Phi) is 1.59. The number of fused-ring (bicyclic) bond motifs is 1. The van der Waals surface area contributed by atoms with Crippen molar-refractivity contribution in [1.82, 2.24) is 9.97 Å². The Morgan fingerprint density at radius 1 is 1.50 bits per heavy atom. The van der Waals surface area contributed by atoms with Crippen LogP contribution in [-0.4, -0.2) is 9.97 Å². The van der Waals surface area contributed by atoms with Crippen molar-refractivity contribution in [2.45, 2.75) is 13.0 Å². The van der Waals surface area contributed by atoms with Crippen LogP contribution in [-0.2, 0) is 0 Å².